The quantitative estimate of drug-likeness (QED) is 0.638. The van der Waals surface area contributed by atoms with Crippen molar-refractivity contribution in [3.8, 4) is 6.07 Å². The summed E-state index contributed by atoms with van der Waals surface area (Å²) in [6.07, 6.45) is -5.52. The van der Waals surface area contributed by atoms with E-state index >= 15 is 0 Å². The Morgan fingerprint density at radius 1 is 1.23 bits per heavy atom. The number of hydrogen-bond acceptors (Lipinski definition) is 2. The highest BCUT2D eigenvalue weighted by Crippen LogP contribution is 2.39. The molecule has 5 heteroatoms. The number of nitriles is 1. The van der Waals surface area contributed by atoms with Gasteiger partial charge in [0, 0.05) is 5.92 Å². The van der Waals surface area contributed by atoms with E-state index in [1.165, 1.54) is 0 Å². The normalized spacial score (nSPS) is 35.5. The molecule has 0 aromatic rings. The van der Waals surface area contributed by atoms with E-state index in [0.29, 0.717) is 0 Å². The fourth-order valence-electron chi connectivity index (χ4n) is 1.66. The molecule has 0 aromatic heterocycles. The second-order valence-electron chi connectivity index (χ2n) is 3.43. The van der Waals surface area contributed by atoms with Crippen LogP contribution in [0.3, 0.4) is 0 Å². The molecule has 74 valence electrons. The maximum Gasteiger partial charge on any atom is 0.391 e. The molecule has 0 bridgehead atoms. The van der Waals surface area contributed by atoms with Crippen molar-refractivity contribution in [1.29, 1.82) is 5.26 Å². The van der Waals surface area contributed by atoms with Crippen LogP contribution in [0.1, 0.15) is 19.3 Å². The first-order chi connectivity index (χ1) is 5.93. The Kier molecular flexibility index (Phi) is 2.81. The number of hydrogen-bond donors (Lipinski definition) is 1. The minimum Gasteiger partial charge on any atom is -0.393 e. The zero-order valence-electron chi connectivity index (χ0n) is 6.88. The van der Waals surface area contributed by atoms with Crippen molar-refractivity contribution < 1.29 is 18.3 Å². The van der Waals surface area contributed by atoms with Crippen LogP contribution in [0.5, 0.6) is 0 Å². The highest BCUT2D eigenvalue weighted by molar-refractivity contribution is 4.92. The summed E-state index contributed by atoms with van der Waals surface area (Å²) in [6.45, 7) is 0. The molecule has 0 spiro atoms. The summed E-state index contributed by atoms with van der Waals surface area (Å²) in [5.74, 6) is -2.17. The van der Waals surface area contributed by atoms with Crippen molar-refractivity contribution in [2.45, 2.75) is 31.5 Å². The summed E-state index contributed by atoms with van der Waals surface area (Å²) in [5.41, 5.74) is 0. The number of rotatable bonds is 0. The Balaban J connectivity index is 2.64. The Bertz CT molecular complexity index is 220. The van der Waals surface area contributed by atoms with Crippen molar-refractivity contribution in [1.82, 2.24) is 0 Å². The van der Waals surface area contributed by atoms with Crippen molar-refractivity contribution in [2.24, 2.45) is 11.8 Å². The van der Waals surface area contributed by atoms with Crippen LogP contribution in [-0.2, 0) is 0 Å². The Morgan fingerprint density at radius 3 is 2.31 bits per heavy atom. The molecule has 13 heavy (non-hydrogen) atoms. The van der Waals surface area contributed by atoms with Gasteiger partial charge in [-0.15, -0.1) is 0 Å². The molecule has 1 rings (SSSR count). The predicted octanol–water partition coefficient (Wildman–Crippen LogP) is 1.85. The Labute approximate surface area is 74.0 Å². The van der Waals surface area contributed by atoms with Crippen molar-refractivity contribution >= 4 is 0 Å². The van der Waals surface area contributed by atoms with Crippen LogP contribution in [0.4, 0.5) is 13.2 Å². The Hall–Kier alpha value is -0.760. The van der Waals surface area contributed by atoms with Crippen molar-refractivity contribution in [3.63, 3.8) is 0 Å². The highest BCUT2D eigenvalue weighted by Gasteiger charge is 2.44. The minimum atomic E-state index is -4.28. The van der Waals surface area contributed by atoms with Crippen LogP contribution in [0.2, 0.25) is 0 Å². The minimum absolute atomic E-state index is 0.170. The predicted molar refractivity (Wildman–Crippen MR) is 38.5 cm³/mol. The third kappa shape index (κ3) is 2.59. The lowest BCUT2D eigenvalue weighted by molar-refractivity contribution is -0.192. The van der Waals surface area contributed by atoms with E-state index in [2.05, 4.69) is 0 Å². The molecule has 1 aliphatic carbocycles. The topological polar surface area (TPSA) is 44.0 Å². The number of alkyl halides is 3. The SMILES string of the molecule is N#C[C@@H]1C[C@@H](O)C[C@H](C(F)(F)F)C1. The molecule has 1 N–H and O–H groups in total. The summed E-state index contributed by atoms with van der Waals surface area (Å²) in [6, 6.07) is 1.78. The average Bonchev–Trinajstić information content (AvgIpc) is 2.01. The highest BCUT2D eigenvalue weighted by atomic mass is 19.4. The molecule has 0 unspecified atom stereocenters. The molecule has 0 saturated heterocycles. The second-order valence-corrected chi connectivity index (χ2v) is 3.43. The first-order valence-corrected chi connectivity index (χ1v) is 4.08. The maximum absolute atomic E-state index is 12.2. The van der Waals surface area contributed by atoms with Gasteiger partial charge in [0.25, 0.3) is 0 Å². The van der Waals surface area contributed by atoms with Crippen molar-refractivity contribution in [3.05, 3.63) is 0 Å². The van der Waals surface area contributed by atoms with E-state index in [-0.39, 0.29) is 19.3 Å². The summed E-state index contributed by atoms with van der Waals surface area (Å²) >= 11 is 0. The van der Waals surface area contributed by atoms with Crippen LogP contribution >= 0.6 is 0 Å². The molecule has 3 atom stereocenters. The first kappa shape index (κ1) is 10.3. The van der Waals surface area contributed by atoms with Gasteiger partial charge < -0.3 is 5.11 Å². The zero-order chi connectivity index (χ0) is 10.1. The number of aliphatic hydroxyl groups excluding tert-OH is 1. The van der Waals surface area contributed by atoms with Crippen LogP contribution in [0.25, 0.3) is 0 Å². The van der Waals surface area contributed by atoms with Crippen LogP contribution < -0.4 is 0 Å². The van der Waals surface area contributed by atoms with Gasteiger partial charge in [0.1, 0.15) is 0 Å². The fourth-order valence-corrected chi connectivity index (χ4v) is 1.66. The summed E-state index contributed by atoms with van der Waals surface area (Å²) in [7, 11) is 0. The zero-order valence-corrected chi connectivity index (χ0v) is 6.88. The summed E-state index contributed by atoms with van der Waals surface area (Å²) < 4.78 is 36.6. The van der Waals surface area contributed by atoms with E-state index in [1.807, 2.05) is 0 Å². The van der Waals surface area contributed by atoms with E-state index in [1.54, 1.807) is 6.07 Å². The Morgan fingerprint density at radius 2 is 1.85 bits per heavy atom. The monoisotopic (exact) mass is 193 g/mol. The average molecular weight is 193 g/mol. The smallest absolute Gasteiger partial charge is 0.391 e. The summed E-state index contributed by atoms with van der Waals surface area (Å²) in [4.78, 5) is 0. The van der Waals surface area contributed by atoms with E-state index in [9.17, 15) is 13.2 Å². The third-order valence-electron chi connectivity index (χ3n) is 2.33. The molecule has 2 nitrogen and oxygen atoms in total. The lowest BCUT2D eigenvalue weighted by Gasteiger charge is -2.30. The number of aliphatic hydroxyl groups is 1. The molecule has 0 heterocycles. The molecule has 0 amide bonds. The van der Waals surface area contributed by atoms with Gasteiger partial charge in [-0.2, -0.15) is 18.4 Å². The lowest BCUT2D eigenvalue weighted by Crippen LogP contribution is -2.34. The standard InChI is InChI=1S/C8H10F3NO/c9-8(10,11)6-1-5(4-12)2-7(13)3-6/h5-7,13H,1-3H2/t5-,6+,7+/m0/s1. The van der Waals surface area contributed by atoms with E-state index in [4.69, 9.17) is 10.4 Å². The molecule has 0 radical (unpaired) electrons. The van der Waals surface area contributed by atoms with Gasteiger partial charge >= 0.3 is 6.18 Å². The molecule has 1 saturated carbocycles. The molecular weight excluding hydrogens is 183 g/mol. The molecule has 0 aliphatic heterocycles. The van der Waals surface area contributed by atoms with Gasteiger partial charge in [-0.25, -0.2) is 0 Å². The number of halogens is 3. The van der Waals surface area contributed by atoms with Gasteiger partial charge in [-0.05, 0) is 19.3 Å². The fraction of sp³-hybridized carbons (Fsp3) is 0.875. The molecule has 0 aromatic carbocycles. The van der Waals surface area contributed by atoms with Gasteiger partial charge in [0.15, 0.2) is 0 Å². The number of nitrogens with zero attached hydrogens (tertiary/aromatic N) is 1. The second kappa shape index (κ2) is 3.54. The van der Waals surface area contributed by atoms with Crippen molar-refractivity contribution in [2.75, 3.05) is 0 Å². The van der Waals surface area contributed by atoms with Gasteiger partial charge in [-0.3, -0.25) is 0 Å². The van der Waals surface area contributed by atoms with Gasteiger partial charge in [0.2, 0.25) is 0 Å². The summed E-state index contributed by atoms with van der Waals surface area (Å²) in [5, 5.41) is 17.6. The van der Waals surface area contributed by atoms with Crippen LogP contribution in [0.15, 0.2) is 0 Å². The third-order valence-corrected chi connectivity index (χ3v) is 2.33. The maximum atomic E-state index is 12.2. The first-order valence-electron chi connectivity index (χ1n) is 4.08. The van der Waals surface area contributed by atoms with E-state index in [0.717, 1.165) is 0 Å². The molecular formula is C8H10F3NO. The van der Waals surface area contributed by atoms with Gasteiger partial charge in [0.05, 0.1) is 18.1 Å². The molecule has 1 fully saturated rings. The molecule has 1 aliphatic rings. The van der Waals surface area contributed by atoms with Gasteiger partial charge in [-0.1, -0.05) is 0 Å². The lowest BCUT2D eigenvalue weighted by atomic mass is 9.80. The van der Waals surface area contributed by atoms with Crippen LogP contribution in [0, 0.1) is 23.2 Å². The van der Waals surface area contributed by atoms with E-state index < -0.39 is 24.1 Å². The van der Waals surface area contributed by atoms with Crippen LogP contribution in [-0.4, -0.2) is 17.4 Å². The largest absolute Gasteiger partial charge is 0.393 e.